The van der Waals surface area contributed by atoms with E-state index >= 15 is 0 Å². The van der Waals surface area contributed by atoms with Gasteiger partial charge in [-0.2, -0.15) is 0 Å². The van der Waals surface area contributed by atoms with Crippen molar-refractivity contribution >= 4 is 0 Å². The SMILES string of the molecule is CCCCCCCCCCCCCNCCCCCCCCCCC. The van der Waals surface area contributed by atoms with Gasteiger partial charge in [-0.15, -0.1) is 0 Å². The van der Waals surface area contributed by atoms with E-state index in [0.29, 0.717) is 0 Å². The van der Waals surface area contributed by atoms with Crippen molar-refractivity contribution in [3.63, 3.8) is 0 Å². The lowest BCUT2D eigenvalue weighted by Gasteiger charge is -2.05. The highest BCUT2D eigenvalue weighted by Crippen LogP contribution is 2.11. The summed E-state index contributed by atoms with van der Waals surface area (Å²) in [6.45, 7) is 7.08. The predicted octanol–water partition coefficient (Wildman–Crippen LogP) is 8.42. The summed E-state index contributed by atoms with van der Waals surface area (Å²) in [5.74, 6) is 0. The minimum absolute atomic E-state index is 1.24. The van der Waals surface area contributed by atoms with Crippen LogP contribution in [0.3, 0.4) is 0 Å². The molecular formula is C24H51N. The van der Waals surface area contributed by atoms with Gasteiger partial charge in [0.15, 0.2) is 0 Å². The Labute approximate surface area is 161 Å². The van der Waals surface area contributed by atoms with Crippen LogP contribution in [0, 0.1) is 0 Å². The van der Waals surface area contributed by atoms with Gasteiger partial charge in [0.2, 0.25) is 0 Å². The van der Waals surface area contributed by atoms with Crippen LogP contribution in [0.25, 0.3) is 0 Å². The van der Waals surface area contributed by atoms with E-state index in [9.17, 15) is 0 Å². The predicted molar refractivity (Wildman–Crippen MR) is 117 cm³/mol. The fourth-order valence-electron chi connectivity index (χ4n) is 3.60. The maximum absolute atomic E-state index is 3.63. The van der Waals surface area contributed by atoms with Crippen LogP contribution < -0.4 is 5.32 Å². The topological polar surface area (TPSA) is 12.0 Å². The summed E-state index contributed by atoms with van der Waals surface area (Å²) < 4.78 is 0. The van der Waals surface area contributed by atoms with Crippen LogP contribution in [-0.2, 0) is 0 Å². The summed E-state index contributed by atoms with van der Waals surface area (Å²) in [6.07, 6.45) is 28.8. The van der Waals surface area contributed by atoms with Crippen molar-refractivity contribution in [1.82, 2.24) is 5.32 Å². The molecule has 0 rings (SSSR count). The summed E-state index contributed by atoms with van der Waals surface area (Å²) in [4.78, 5) is 0. The second kappa shape index (κ2) is 24.0. The van der Waals surface area contributed by atoms with Crippen LogP contribution in [0.5, 0.6) is 0 Å². The molecule has 0 fully saturated rings. The molecule has 0 aliphatic rings. The molecule has 0 amide bonds. The van der Waals surface area contributed by atoms with Crippen molar-refractivity contribution in [1.29, 1.82) is 0 Å². The first-order chi connectivity index (χ1) is 12.4. The van der Waals surface area contributed by atoms with E-state index in [0.717, 1.165) is 0 Å². The van der Waals surface area contributed by atoms with Crippen molar-refractivity contribution in [3.05, 3.63) is 0 Å². The normalized spacial score (nSPS) is 11.3. The van der Waals surface area contributed by atoms with Gasteiger partial charge < -0.3 is 5.32 Å². The Bertz CT molecular complexity index is 192. The van der Waals surface area contributed by atoms with Crippen molar-refractivity contribution in [2.24, 2.45) is 0 Å². The van der Waals surface area contributed by atoms with E-state index in [1.807, 2.05) is 0 Å². The van der Waals surface area contributed by atoms with Crippen LogP contribution in [0.4, 0.5) is 0 Å². The number of hydrogen-bond donors (Lipinski definition) is 1. The summed E-state index contributed by atoms with van der Waals surface area (Å²) in [7, 11) is 0. The van der Waals surface area contributed by atoms with Gasteiger partial charge in [0.05, 0.1) is 0 Å². The zero-order chi connectivity index (χ0) is 18.3. The fraction of sp³-hybridized carbons (Fsp3) is 1.00. The molecule has 25 heavy (non-hydrogen) atoms. The van der Waals surface area contributed by atoms with E-state index in [4.69, 9.17) is 0 Å². The van der Waals surface area contributed by atoms with Gasteiger partial charge in [0.1, 0.15) is 0 Å². The van der Waals surface area contributed by atoms with E-state index in [-0.39, 0.29) is 0 Å². The van der Waals surface area contributed by atoms with Gasteiger partial charge in [-0.25, -0.2) is 0 Å². The summed E-state index contributed by atoms with van der Waals surface area (Å²) in [6, 6.07) is 0. The summed E-state index contributed by atoms with van der Waals surface area (Å²) in [5, 5.41) is 3.63. The minimum Gasteiger partial charge on any atom is -0.317 e. The van der Waals surface area contributed by atoms with E-state index in [1.165, 1.54) is 142 Å². The van der Waals surface area contributed by atoms with Crippen LogP contribution in [-0.4, -0.2) is 13.1 Å². The molecule has 0 aliphatic heterocycles. The first kappa shape index (κ1) is 25.0. The Morgan fingerprint density at radius 2 is 0.560 bits per heavy atom. The maximum atomic E-state index is 3.63. The van der Waals surface area contributed by atoms with Crippen LogP contribution in [0.1, 0.15) is 142 Å². The number of rotatable bonds is 22. The lowest BCUT2D eigenvalue weighted by atomic mass is 10.1. The minimum atomic E-state index is 1.24. The van der Waals surface area contributed by atoms with Crippen molar-refractivity contribution in [2.45, 2.75) is 142 Å². The van der Waals surface area contributed by atoms with Gasteiger partial charge in [-0.1, -0.05) is 129 Å². The van der Waals surface area contributed by atoms with Gasteiger partial charge in [0, 0.05) is 0 Å². The Hall–Kier alpha value is -0.0400. The highest BCUT2D eigenvalue weighted by Gasteiger charge is 1.94. The molecule has 1 nitrogen and oxygen atoms in total. The molecule has 1 heteroatoms. The van der Waals surface area contributed by atoms with Crippen molar-refractivity contribution < 1.29 is 0 Å². The van der Waals surface area contributed by atoms with Crippen molar-refractivity contribution in [3.8, 4) is 0 Å². The third-order valence-corrected chi connectivity index (χ3v) is 5.41. The third-order valence-electron chi connectivity index (χ3n) is 5.41. The maximum Gasteiger partial charge on any atom is -0.00489 e. The van der Waals surface area contributed by atoms with E-state index < -0.39 is 0 Å². The molecule has 0 aromatic heterocycles. The molecule has 0 saturated carbocycles. The molecule has 0 radical (unpaired) electrons. The molecule has 0 aromatic rings. The van der Waals surface area contributed by atoms with Gasteiger partial charge >= 0.3 is 0 Å². The number of unbranched alkanes of at least 4 members (excludes halogenated alkanes) is 18. The first-order valence-corrected chi connectivity index (χ1v) is 12.1. The van der Waals surface area contributed by atoms with Crippen LogP contribution >= 0.6 is 0 Å². The zero-order valence-electron chi connectivity index (χ0n) is 18.1. The Morgan fingerprint density at radius 3 is 0.840 bits per heavy atom. The lowest BCUT2D eigenvalue weighted by Crippen LogP contribution is -2.16. The molecule has 0 atom stereocenters. The standard InChI is InChI=1S/C24H51N/c1-3-5-7-9-11-13-14-16-18-20-22-24-25-23-21-19-17-15-12-10-8-6-4-2/h25H,3-24H2,1-2H3. The number of nitrogens with one attached hydrogen (secondary N) is 1. The highest BCUT2D eigenvalue weighted by molar-refractivity contribution is 4.53. The molecule has 0 bridgehead atoms. The number of hydrogen-bond acceptors (Lipinski definition) is 1. The molecule has 0 heterocycles. The second-order valence-electron chi connectivity index (χ2n) is 8.11. The molecule has 1 N–H and O–H groups in total. The molecule has 0 aliphatic carbocycles. The van der Waals surface area contributed by atoms with E-state index in [2.05, 4.69) is 19.2 Å². The average molecular weight is 354 g/mol. The average Bonchev–Trinajstić information content (AvgIpc) is 2.63. The van der Waals surface area contributed by atoms with Crippen molar-refractivity contribution in [2.75, 3.05) is 13.1 Å². The monoisotopic (exact) mass is 353 g/mol. The summed E-state index contributed by atoms with van der Waals surface area (Å²) >= 11 is 0. The largest absolute Gasteiger partial charge is 0.317 e. The Kier molecular flexibility index (Phi) is 23.9. The molecule has 0 spiro atoms. The van der Waals surface area contributed by atoms with Gasteiger partial charge in [-0.05, 0) is 25.9 Å². The lowest BCUT2D eigenvalue weighted by molar-refractivity contribution is 0.525. The zero-order valence-corrected chi connectivity index (χ0v) is 18.1. The van der Waals surface area contributed by atoms with Gasteiger partial charge in [0.25, 0.3) is 0 Å². The third kappa shape index (κ3) is 24.0. The molecular weight excluding hydrogens is 302 g/mol. The van der Waals surface area contributed by atoms with E-state index in [1.54, 1.807) is 0 Å². The van der Waals surface area contributed by atoms with Crippen LogP contribution in [0.2, 0.25) is 0 Å². The summed E-state index contributed by atoms with van der Waals surface area (Å²) in [5.41, 5.74) is 0. The smallest absolute Gasteiger partial charge is 0.00489 e. The molecule has 0 saturated heterocycles. The second-order valence-corrected chi connectivity index (χ2v) is 8.11. The molecule has 0 aromatic carbocycles. The highest BCUT2D eigenvalue weighted by atomic mass is 14.8. The Morgan fingerprint density at radius 1 is 0.320 bits per heavy atom. The van der Waals surface area contributed by atoms with Gasteiger partial charge in [-0.3, -0.25) is 0 Å². The fourth-order valence-corrected chi connectivity index (χ4v) is 3.60. The molecule has 152 valence electrons. The first-order valence-electron chi connectivity index (χ1n) is 12.1. The quantitative estimate of drug-likeness (QED) is 0.193. The van der Waals surface area contributed by atoms with Crippen LogP contribution in [0.15, 0.2) is 0 Å². The Balaban J connectivity index is 2.94. The molecule has 0 unspecified atom stereocenters.